The van der Waals surface area contributed by atoms with Crippen molar-refractivity contribution in [3.8, 4) is 11.5 Å². The van der Waals surface area contributed by atoms with E-state index in [1.165, 1.54) is 0 Å². The van der Waals surface area contributed by atoms with Gasteiger partial charge in [0.25, 0.3) is 5.91 Å². The van der Waals surface area contributed by atoms with Crippen LogP contribution in [0, 0.1) is 0 Å². The standard InChI is InChI=1S/C23H27N3O4/c1-28-14-13-26(23(27)19-7-9-20(29-2)10-8-19)17-22-24-11-12-25(22)16-18-5-4-6-21(15-18)30-3/h4-12,15H,13-14,16-17H2,1-3H3. The maximum atomic E-state index is 13.1. The Morgan fingerprint density at radius 2 is 1.80 bits per heavy atom. The summed E-state index contributed by atoms with van der Waals surface area (Å²) in [7, 11) is 4.88. The molecule has 1 amide bonds. The SMILES string of the molecule is COCCN(Cc1nccn1Cc1cccc(OC)c1)C(=O)c1ccc(OC)cc1. The first kappa shape index (κ1) is 21.4. The zero-order chi connectivity index (χ0) is 21.3. The second-order valence-corrected chi connectivity index (χ2v) is 6.77. The molecule has 2 aromatic carbocycles. The van der Waals surface area contributed by atoms with Gasteiger partial charge in [0.05, 0.1) is 27.4 Å². The number of methoxy groups -OCH3 is 3. The number of hydrogen-bond donors (Lipinski definition) is 0. The largest absolute Gasteiger partial charge is 0.497 e. The van der Waals surface area contributed by atoms with Crippen LogP contribution in [0.5, 0.6) is 11.5 Å². The fourth-order valence-electron chi connectivity index (χ4n) is 3.14. The van der Waals surface area contributed by atoms with Gasteiger partial charge in [-0.05, 0) is 42.0 Å². The van der Waals surface area contributed by atoms with E-state index in [9.17, 15) is 4.79 Å². The van der Waals surface area contributed by atoms with Crippen molar-refractivity contribution in [3.05, 3.63) is 77.9 Å². The maximum Gasteiger partial charge on any atom is 0.254 e. The molecule has 0 unspecified atom stereocenters. The lowest BCUT2D eigenvalue weighted by Crippen LogP contribution is -2.34. The number of hydrogen-bond acceptors (Lipinski definition) is 5. The summed E-state index contributed by atoms with van der Waals surface area (Å²) in [6.45, 7) is 1.93. The molecular weight excluding hydrogens is 382 g/mol. The highest BCUT2D eigenvalue weighted by atomic mass is 16.5. The lowest BCUT2D eigenvalue weighted by molar-refractivity contribution is 0.0673. The van der Waals surface area contributed by atoms with Crippen LogP contribution in [0.1, 0.15) is 21.7 Å². The van der Waals surface area contributed by atoms with E-state index in [0.29, 0.717) is 37.6 Å². The average Bonchev–Trinajstić information content (AvgIpc) is 3.22. The minimum Gasteiger partial charge on any atom is -0.497 e. The van der Waals surface area contributed by atoms with Crippen molar-refractivity contribution in [2.45, 2.75) is 13.1 Å². The highest BCUT2D eigenvalue weighted by molar-refractivity contribution is 5.94. The summed E-state index contributed by atoms with van der Waals surface area (Å²) in [6.07, 6.45) is 3.67. The Morgan fingerprint density at radius 1 is 1.03 bits per heavy atom. The van der Waals surface area contributed by atoms with E-state index in [1.54, 1.807) is 56.7 Å². The van der Waals surface area contributed by atoms with E-state index >= 15 is 0 Å². The van der Waals surface area contributed by atoms with E-state index in [1.807, 2.05) is 35.0 Å². The van der Waals surface area contributed by atoms with Crippen LogP contribution in [-0.4, -0.2) is 54.8 Å². The first-order valence-corrected chi connectivity index (χ1v) is 9.69. The number of amides is 1. The van der Waals surface area contributed by atoms with Gasteiger partial charge < -0.3 is 23.7 Å². The molecule has 158 valence electrons. The normalized spacial score (nSPS) is 10.6. The van der Waals surface area contributed by atoms with Crippen LogP contribution in [0.25, 0.3) is 0 Å². The van der Waals surface area contributed by atoms with Crippen molar-refractivity contribution < 1.29 is 19.0 Å². The number of imidazole rings is 1. The van der Waals surface area contributed by atoms with Crippen molar-refractivity contribution in [3.63, 3.8) is 0 Å². The topological polar surface area (TPSA) is 65.8 Å². The highest BCUT2D eigenvalue weighted by Crippen LogP contribution is 2.17. The molecule has 0 aliphatic rings. The molecular formula is C23H27N3O4. The number of benzene rings is 2. The molecule has 30 heavy (non-hydrogen) atoms. The third kappa shape index (κ3) is 5.39. The second kappa shape index (κ2) is 10.5. The molecule has 0 saturated carbocycles. The molecule has 0 aliphatic carbocycles. The summed E-state index contributed by atoms with van der Waals surface area (Å²) in [6, 6.07) is 15.0. The van der Waals surface area contributed by atoms with Gasteiger partial charge in [0.2, 0.25) is 0 Å². The Morgan fingerprint density at radius 3 is 2.50 bits per heavy atom. The van der Waals surface area contributed by atoms with Gasteiger partial charge in [0.15, 0.2) is 0 Å². The van der Waals surface area contributed by atoms with Crippen molar-refractivity contribution in [1.29, 1.82) is 0 Å². The second-order valence-electron chi connectivity index (χ2n) is 6.77. The molecule has 1 aromatic heterocycles. The van der Waals surface area contributed by atoms with Crippen molar-refractivity contribution in [2.75, 3.05) is 34.5 Å². The van der Waals surface area contributed by atoms with Gasteiger partial charge in [0, 0.05) is 38.2 Å². The lowest BCUT2D eigenvalue weighted by atomic mass is 10.2. The zero-order valence-electron chi connectivity index (χ0n) is 17.6. The number of ether oxygens (including phenoxy) is 3. The van der Waals surface area contributed by atoms with E-state index in [4.69, 9.17) is 14.2 Å². The van der Waals surface area contributed by atoms with Crippen LogP contribution in [0.4, 0.5) is 0 Å². The van der Waals surface area contributed by atoms with Crippen LogP contribution in [0.2, 0.25) is 0 Å². The first-order chi connectivity index (χ1) is 14.6. The quantitative estimate of drug-likeness (QED) is 0.514. The summed E-state index contributed by atoms with van der Waals surface area (Å²) in [5, 5.41) is 0. The molecule has 1 heterocycles. The molecule has 0 saturated heterocycles. The van der Waals surface area contributed by atoms with Crippen LogP contribution in [0.3, 0.4) is 0 Å². The summed E-state index contributed by atoms with van der Waals surface area (Å²) >= 11 is 0. The van der Waals surface area contributed by atoms with Crippen molar-refractivity contribution in [1.82, 2.24) is 14.5 Å². The van der Waals surface area contributed by atoms with Gasteiger partial charge >= 0.3 is 0 Å². The number of rotatable bonds is 10. The number of carbonyl (C=O) groups is 1. The molecule has 0 spiro atoms. The van der Waals surface area contributed by atoms with Gasteiger partial charge in [0.1, 0.15) is 17.3 Å². The molecule has 3 rings (SSSR count). The smallest absolute Gasteiger partial charge is 0.254 e. The molecule has 0 fully saturated rings. The fourth-order valence-corrected chi connectivity index (χ4v) is 3.14. The summed E-state index contributed by atoms with van der Waals surface area (Å²) < 4.78 is 17.7. The van der Waals surface area contributed by atoms with Gasteiger partial charge in [-0.2, -0.15) is 0 Å². The molecule has 0 atom stereocenters. The Balaban J connectivity index is 1.78. The van der Waals surface area contributed by atoms with Crippen molar-refractivity contribution >= 4 is 5.91 Å². The monoisotopic (exact) mass is 409 g/mol. The molecule has 0 bridgehead atoms. The molecule has 7 nitrogen and oxygen atoms in total. The first-order valence-electron chi connectivity index (χ1n) is 9.69. The molecule has 0 N–H and O–H groups in total. The van der Waals surface area contributed by atoms with E-state index in [0.717, 1.165) is 17.1 Å². The number of carbonyl (C=O) groups excluding carboxylic acids is 1. The van der Waals surface area contributed by atoms with Gasteiger partial charge in [-0.1, -0.05) is 12.1 Å². The maximum absolute atomic E-state index is 13.1. The van der Waals surface area contributed by atoms with E-state index in [2.05, 4.69) is 4.98 Å². The van der Waals surface area contributed by atoms with Gasteiger partial charge in [-0.15, -0.1) is 0 Å². The zero-order valence-corrected chi connectivity index (χ0v) is 17.6. The predicted octanol–water partition coefficient (Wildman–Crippen LogP) is 3.24. The molecule has 0 radical (unpaired) electrons. The third-order valence-corrected chi connectivity index (χ3v) is 4.81. The average molecular weight is 409 g/mol. The fraction of sp³-hybridized carbons (Fsp3) is 0.304. The van der Waals surface area contributed by atoms with Crippen LogP contribution < -0.4 is 9.47 Å². The minimum absolute atomic E-state index is 0.0781. The number of aromatic nitrogens is 2. The van der Waals surface area contributed by atoms with Crippen molar-refractivity contribution in [2.24, 2.45) is 0 Å². The van der Waals surface area contributed by atoms with Gasteiger partial charge in [-0.3, -0.25) is 4.79 Å². The van der Waals surface area contributed by atoms with Crippen LogP contribution in [-0.2, 0) is 17.8 Å². The van der Waals surface area contributed by atoms with E-state index in [-0.39, 0.29) is 5.91 Å². The summed E-state index contributed by atoms with van der Waals surface area (Å²) in [4.78, 5) is 19.3. The van der Waals surface area contributed by atoms with E-state index < -0.39 is 0 Å². The Hall–Kier alpha value is -3.32. The molecule has 7 heteroatoms. The predicted molar refractivity (Wildman–Crippen MR) is 114 cm³/mol. The number of nitrogens with zero attached hydrogens (tertiary/aromatic N) is 3. The van der Waals surface area contributed by atoms with Crippen LogP contribution in [0.15, 0.2) is 60.9 Å². The Bertz CT molecular complexity index is 953. The minimum atomic E-state index is -0.0781. The lowest BCUT2D eigenvalue weighted by Gasteiger charge is -2.23. The Labute approximate surface area is 176 Å². The molecule has 0 aliphatic heterocycles. The summed E-state index contributed by atoms with van der Waals surface area (Å²) in [5.74, 6) is 2.25. The summed E-state index contributed by atoms with van der Waals surface area (Å²) in [5.41, 5.74) is 1.69. The highest BCUT2D eigenvalue weighted by Gasteiger charge is 2.18. The third-order valence-electron chi connectivity index (χ3n) is 4.81. The molecule has 3 aromatic rings. The van der Waals surface area contributed by atoms with Gasteiger partial charge in [-0.25, -0.2) is 4.98 Å². The Kier molecular flexibility index (Phi) is 7.45. The van der Waals surface area contributed by atoms with Crippen LogP contribution >= 0.6 is 0 Å².